The van der Waals surface area contributed by atoms with Gasteiger partial charge >= 0.3 is 5.92 Å². The lowest BCUT2D eigenvalue weighted by atomic mass is 9.95. The van der Waals surface area contributed by atoms with Gasteiger partial charge in [0, 0.05) is 11.8 Å². The Morgan fingerprint density at radius 1 is 1.64 bits per heavy atom. The Morgan fingerprint density at radius 3 is 2.79 bits per heavy atom. The van der Waals surface area contributed by atoms with Gasteiger partial charge in [-0.1, -0.05) is 13.0 Å². The molecule has 2 nitrogen and oxygen atoms in total. The van der Waals surface area contributed by atoms with Crippen LogP contribution >= 0.6 is 0 Å². The molecule has 0 saturated carbocycles. The molecule has 1 aromatic rings. The zero-order chi connectivity index (χ0) is 10.8. The second-order valence-corrected chi connectivity index (χ2v) is 2.97. The van der Waals surface area contributed by atoms with Gasteiger partial charge in [0.15, 0.2) is 0 Å². The first-order valence-electron chi connectivity index (χ1n) is 4.05. The molecule has 0 saturated heterocycles. The van der Waals surface area contributed by atoms with E-state index in [1.165, 1.54) is 25.1 Å². The van der Waals surface area contributed by atoms with Crippen molar-refractivity contribution in [2.24, 2.45) is 0 Å². The average Bonchev–Trinajstić information content (AvgIpc) is 2.17. The molecule has 0 bridgehead atoms. The van der Waals surface area contributed by atoms with Crippen molar-refractivity contribution in [2.45, 2.75) is 18.8 Å². The number of pyridine rings is 1. The van der Waals surface area contributed by atoms with Gasteiger partial charge in [-0.15, -0.1) is 6.42 Å². The molecular weight excluding hydrogens is 186 g/mol. The molecule has 1 atom stereocenters. The van der Waals surface area contributed by atoms with Crippen LogP contribution in [0.25, 0.3) is 0 Å². The number of nitrogen functional groups attached to an aromatic ring is 1. The number of nitrogens with zero attached hydrogens (tertiary/aromatic N) is 1. The number of anilines is 1. The van der Waals surface area contributed by atoms with Crippen LogP contribution in [0.4, 0.5) is 14.6 Å². The molecule has 14 heavy (non-hydrogen) atoms. The first-order valence-corrected chi connectivity index (χ1v) is 4.05. The number of terminal acetylenes is 1. The van der Waals surface area contributed by atoms with Gasteiger partial charge in [0.05, 0.1) is 5.92 Å². The molecule has 0 radical (unpaired) electrons. The zero-order valence-electron chi connectivity index (χ0n) is 7.67. The van der Waals surface area contributed by atoms with Crippen LogP contribution in [0, 0.1) is 12.3 Å². The molecule has 2 N–H and O–H groups in total. The van der Waals surface area contributed by atoms with Crippen molar-refractivity contribution in [1.29, 1.82) is 0 Å². The maximum atomic E-state index is 13.1. The number of aromatic nitrogens is 1. The molecule has 0 amide bonds. The van der Waals surface area contributed by atoms with Crippen molar-refractivity contribution in [2.75, 3.05) is 5.73 Å². The average molecular weight is 196 g/mol. The highest BCUT2D eigenvalue weighted by Crippen LogP contribution is 2.34. The monoisotopic (exact) mass is 196 g/mol. The Morgan fingerprint density at radius 2 is 2.29 bits per heavy atom. The highest BCUT2D eigenvalue weighted by atomic mass is 19.3. The topological polar surface area (TPSA) is 38.9 Å². The molecule has 0 aliphatic rings. The predicted octanol–water partition coefficient (Wildman–Crippen LogP) is 2.04. The van der Waals surface area contributed by atoms with Gasteiger partial charge in [-0.05, 0) is 12.0 Å². The van der Waals surface area contributed by atoms with E-state index in [4.69, 9.17) is 12.2 Å². The van der Waals surface area contributed by atoms with Gasteiger partial charge in [0.2, 0.25) is 0 Å². The van der Waals surface area contributed by atoms with Crippen molar-refractivity contribution in [3.8, 4) is 12.3 Å². The second kappa shape index (κ2) is 3.62. The molecule has 4 heteroatoms. The summed E-state index contributed by atoms with van der Waals surface area (Å²) in [6.45, 7) is 1.33. The first-order chi connectivity index (χ1) is 6.49. The summed E-state index contributed by atoms with van der Waals surface area (Å²) in [5.41, 5.74) is 5.73. The van der Waals surface area contributed by atoms with Gasteiger partial charge in [-0.3, -0.25) is 0 Å². The SMILES string of the molecule is C#CC(F)(F)C(C)c1cccnc1N. The van der Waals surface area contributed by atoms with E-state index >= 15 is 0 Å². The normalized spacial score (nSPS) is 13.3. The molecular formula is C10H10F2N2. The summed E-state index contributed by atoms with van der Waals surface area (Å²) >= 11 is 0. The van der Waals surface area contributed by atoms with E-state index in [0.29, 0.717) is 0 Å². The summed E-state index contributed by atoms with van der Waals surface area (Å²) in [7, 11) is 0. The van der Waals surface area contributed by atoms with Gasteiger partial charge in [-0.2, -0.15) is 8.78 Å². The summed E-state index contributed by atoms with van der Waals surface area (Å²) in [4.78, 5) is 3.72. The number of alkyl halides is 2. The van der Waals surface area contributed by atoms with Crippen molar-refractivity contribution in [3.05, 3.63) is 23.9 Å². The lowest BCUT2D eigenvalue weighted by Gasteiger charge is -2.19. The van der Waals surface area contributed by atoms with Crippen molar-refractivity contribution < 1.29 is 8.78 Å². The lowest BCUT2D eigenvalue weighted by molar-refractivity contribution is 0.0412. The molecule has 0 aliphatic carbocycles. The summed E-state index contributed by atoms with van der Waals surface area (Å²) in [6, 6.07) is 3.05. The Hall–Kier alpha value is -1.63. The third-order valence-corrected chi connectivity index (χ3v) is 2.07. The second-order valence-electron chi connectivity index (χ2n) is 2.97. The van der Waals surface area contributed by atoms with Crippen molar-refractivity contribution in [1.82, 2.24) is 4.98 Å². The van der Waals surface area contributed by atoms with Gasteiger partial charge in [0.1, 0.15) is 5.82 Å². The highest BCUT2D eigenvalue weighted by Gasteiger charge is 2.36. The van der Waals surface area contributed by atoms with Crippen LogP contribution in [0.2, 0.25) is 0 Å². The van der Waals surface area contributed by atoms with Gasteiger partial charge in [0.25, 0.3) is 0 Å². The molecule has 1 heterocycles. The number of hydrogen-bond donors (Lipinski definition) is 1. The third-order valence-electron chi connectivity index (χ3n) is 2.07. The summed E-state index contributed by atoms with van der Waals surface area (Å²) in [5.74, 6) is -2.78. The Balaban J connectivity index is 3.08. The first kappa shape index (κ1) is 10.5. The van der Waals surface area contributed by atoms with Crippen LogP contribution in [0.1, 0.15) is 18.4 Å². The largest absolute Gasteiger partial charge is 0.383 e. The lowest BCUT2D eigenvalue weighted by Crippen LogP contribution is -2.22. The Kier molecular flexibility index (Phi) is 2.70. The number of halogens is 2. The number of hydrogen-bond acceptors (Lipinski definition) is 2. The predicted molar refractivity (Wildman–Crippen MR) is 50.8 cm³/mol. The maximum Gasteiger partial charge on any atom is 0.314 e. The quantitative estimate of drug-likeness (QED) is 0.735. The van der Waals surface area contributed by atoms with Crippen LogP contribution < -0.4 is 5.73 Å². The summed E-state index contributed by atoms with van der Waals surface area (Å²) in [6.07, 6.45) is 6.18. The van der Waals surface area contributed by atoms with E-state index in [-0.39, 0.29) is 11.4 Å². The molecule has 74 valence electrons. The third kappa shape index (κ3) is 1.82. The molecule has 0 aromatic carbocycles. The van der Waals surface area contributed by atoms with Crippen LogP contribution in [-0.4, -0.2) is 10.9 Å². The van der Waals surface area contributed by atoms with Crippen LogP contribution in [0.5, 0.6) is 0 Å². The van der Waals surface area contributed by atoms with E-state index < -0.39 is 11.8 Å². The Bertz CT molecular complexity index is 369. The fourth-order valence-electron chi connectivity index (χ4n) is 1.12. The summed E-state index contributed by atoms with van der Waals surface area (Å²) in [5, 5.41) is 0. The summed E-state index contributed by atoms with van der Waals surface area (Å²) < 4.78 is 26.2. The van der Waals surface area contributed by atoms with E-state index in [1.54, 1.807) is 6.07 Å². The van der Waals surface area contributed by atoms with Gasteiger partial charge < -0.3 is 5.73 Å². The van der Waals surface area contributed by atoms with E-state index in [9.17, 15) is 8.78 Å². The fourth-order valence-corrected chi connectivity index (χ4v) is 1.12. The van der Waals surface area contributed by atoms with Gasteiger partial charge in [-0.25, -0.2) is 4.98 Å². The number of nitrogens with two attached hydrogens (primary N) is 1. The maximum absolute atomic E-state index is 13.1. The molecule has 1 unspecified atom stereocenters. The molecule has 0 spiro atoms. The van der Waals surface area contributed by atoms with Crippen molar-refractivity contribution in [3.63, 3.8) is 0 Å². The van der Waals surface area contributed by atoms with E-state index in [2.05, 4.69) is 4.98 Å². The minimum absolute atomic E-state index is 0.0925. The van der Waals surface area contributed by atoms with Crippen LogP contribution in [0.15, 0.2) is 18.3 Å². The fraction of sp³-hybridized carbons (Fsp3) is 0.300. The smallest absolute Gasteiger partial charge is 0.314 e. The zero-order valence-corrected chi connectivity index (χ0v) is 7.67. The van der Waals surface area contributed by atoms with E-state index in [1.807, 2.05) is 0 Å². The Labute approximate surface area is 81.1 Å². The van der Waals surface area contributed by atoms with Crippen molar-refractivity contribution >= 4 is 5.82 Å². The molecule has 0 fully saturated rings. The standard InChI is InChI=1S/C10H10F2N2/c1-3-10(11,12)7(2)8-5-4-6-14-9(8)13/h1,4-7H,2H3,(H2,13,14). The highest BCUT2D eigenvalue weighted by molar-refractivity contribution is 5.42. The van der Waals surface area contributed by atoms with Crippen LogP contribution in [-0.2, 0) is 0 Å². The van der Waals surface area contributed by atoms with Crippen LogP contribution in [0.3, 0.4) is 0 Å². The minimum Gasteiger partial charge on any atom is -0.383 e. The minimum atomic E-state index is -3.20. The van der Waals surface area contributed by atoms with E-state index in [0.717, 1.165) is 0 Å². The molecule has 0 aliphatic heterocycles. The number of rotatable bonds is 2. The molecule has 1 aromatic heterocycles. The molecule has 1 rings (SSSR count).